The number of hydrogen-bond donors (Lipinski definition) is 0. The topological polar surface area (TPSA) is 87.7 Å². The van der Waals surface area contributed by atoms with E-state index in [0.717, 1.165) is 28.2 Å². The Balaban J connectivity index is 1.48. The van der Waals surface area contributed by atoms with E-state index in [1.54, 1.807) is 26.1 Å². The summed E-state index contributed by atoms with van der Waals surface area (Å²) in [5, 5.41) is 5.13. The minimum Gasteiger partial charge on any atom is -0.479 e. The van der Waals surface area contributed by atoms with Gasteiger partial charge in [-0.1, -0.05) is 42.5 Å². The van der Waals surface area contributed by atoms with E-state index in [0.29, 0.717) is 29.1 Å². The van der Waals surface area contributed by atoms with Gasteiger partial charge in [0.1, 0.15) is 5.75 Å². The molecular formula is C32H30N4O4. The van der Waals surface area contributed by atoms with Crippen LogP contribution in [0.25, 0.3) is 28.0 Å². The zero-order valence-electron chi connectivity index (χ0n) is 22.9. The van der Waals surface area contributed by atoms with Crippen LogP contribution >= 0.6 is 0 Å². The molecule has 5 aromatic rings. The second-order valence-corrected chi connectivity index (χ2v) is 9.35. The molecule has 2 heterocycles. The number of aryl methyl sites for hydroxylation is 1. The first-order valence-corrected chi connectivity index (χ1v) is 13.1. The van der Waals surface area contributed by atoms with E-state index in [2.05, 4.69) is 9.67 Å². The van der Waals surface area contributed by atoms with Crippen LogP contribution in [0, 0.1) is 13.8 Å². The Morgan fingerprint density at radius 3 is 2.42 bits per heavy atom. The molecule has 0 aliphatic carbocycles. The quantitative estimate of drug-likeness (QED) is 0.189. The minimum absolute atomic E-state index is 0.234. The predicted molar refractivity (Wildman–Crippen MR) is 156 cm³/mol. The first-order chi connectivity index (χ1) is 19.4. The molecule has 202 valence electrons. The van der Waals surface area contributed by atoms with Crippen molar-refractivity contribution in [3.63, 3.8) is 0 Å². The molecular weight excluding hydrogens is 504 g/mol. The third-order valence-corrected chi connectivity index (χ3v) is 6.59. The summed E-state index contributed by atoms with van der Waals surface area (Å²) < 4.78 is 14.2. The predicted octanol–water partition coefficient (Wildman–Crippen LogP) is 5.68. The number of esters is 1. The van der Waals surface area contributed by atoms with E-state index >= 15 is 0 Å². The van der Waals surface area contributed by atoms with Crippen molar-refractivity contribution < 1.29 is 14.3 Å². The fourth-order valence-corrected chi connectivity index (χ4v) is 4.63. The summed E-state index contributed by atoms with van der Waals surface area (Å²) in [6.45, 7) is 7.75. The van der Waals surface area contributed by atoms with E-state index in [4.69, 9.17) is 14.5 Å². The SMILES string of the molecule is CCOC(=O)[C@H](C)Oc1ccc(-n2c(C)cc(C=Nn3c(-c4ccccc4)nc4ccccc4c3=O)c2C)cc1. The van der Waals surface area contributed by atoms with Crippen molar-refractivity contribution in [2.24, 2.45) is 5.10 Å². The van der Waals surface area contributed by atoms with Crippen LogP contribution in [0.1, 0.15) is 30.8 Å². The molecule has 2 aromatic heterocycles. The molecule has 5 rings (SSSR count). The molecule has 0 unspecified atom stereocenters. The van der Waals surface area contributed by atoms with Crippen LogP contribution in [0.5, 0.6) is 5.75 Å². The number of hydrogen-bond acceptors (Lipinski definition) is 6. The maximum Gasteiger partial charge on any atom is 0.347 e. The van der Waals surface area contributed by atoms with Crippen molar-refractivity contribution >= 4 is 23.1 Å². The highest BCUT2D eigenvalue weighted by Crippen LogP contribution is 2.23. The molecule has 0 amide bonds. The Morgan fingerprint density at radius 1 is 1.00 bits per heavy atom. The van der Waals surface area contributed by atoms with Crippen LogP contribution in [0.4, 0.5) is 0 Å². The molecule has 0 N–H and O–H groups in total. The number of nitrogens with zero attached hydrogens (tertiary/aromatic N) is 4. The van der Waals surface area contributed by atoms with Gasteiger partial charge in [0.2, 0.25) is 0 Å². The van der Waals surface area contributed by atoms with E-state index in [-0.39, 0.29) is 5.56 Å². The third-order valence-electron chi connectivity index (χ3n) is 6.59. The lowest BCUT2D eigenvalue weighted by Crippen LogP contribution is -2.26. The number of benzene rings is 3. The summed E-state index contributed by atoms with van der Waals surface area (Å²) in [7, 11) is 0. The van der Waals surface area contributed by atoms with Gasteiger partial charge in [-0.3, -0.25) is 4.79 Å². The highest BCUT2D eigenvalue weighted by molar-refractivity contribution is 5.83. The standard InChI is InChI=1S/C32H30N4O4/c1-5-39-32(38)23(4)40-27-17-15-26(16-18-27)35-21(2)19-25(22(35)3)20-33-36-30(24-11-7-6-8-12-24)34-29-14-10-9-13-28(29)31(36)37/h6-20,23H,5H2,1-4H3/t23-/m0/s1. The van der Waals surface area contributed by atoms with E-state index in [1.807, 2.05) is 92.7 Å². The monoisotopic (exact) mass is 534 g/mol. The highest BCUT2D eigenvalue weighted by atomic mass is 16.6. The Hall–Kier alpha value is -4.98. The zero-order chi connectivity index (χ0) is 28.2. The lowest BCUT2D eigenvalue weighted by molar-refractivity contribution is -0.150. The molecule has 8 nitrogen and oxygen atoms in total. The fourth-order valence-electron chi connectivity index (χ4n) is 4.63. The Kier molecular flexibility index (Phi) is 7.59. The summed E-state index contributed by atoms with van der Waals surface area (Å²) >= 11 is 0. The summed E-state index contributed by atoms with van der Waals surface area (Å²) in [4.78, 5) is 30.1. The third kappa shape index (κ3) is 5.29. The summed E-state index contributed by atoms with van der Waals surface area (Å²) in [5.41, 5.74) is 4.94. The lowest BCUT2D eigenvalue weighted by Gasteiger charge is -2.15. The van der Waals surface area contributed by atoms with Crippen LogP contribution in [-0.4, -0.2) is 39.1 Å². The zero-order valence-corrected chi connectivity index (χ0v) is 22.9. The number of para-hydroxylation sites is 1. The van der Waals surface area contributed by atoms with Gasteiger partial charge in [0.05, 0.1) is 23.7 Å². The molecule has 0 bridgehead atoms. The van der Waals surface area contributed by atoms with Crippen molar-refractivity contribution in [3.05, 3.63) is 112 Å². The molecule has 0 saturated heterocycles. The van der Waals surface area contributed by atoms with E-state index in [9.17, 15) is 9.59 Å². The van der Waals surface area contributed by atoms with Gasteiger partial charge in [-0.2, -0.15) is 9.78 Å². The minimum atomic E-state index is -0.697. The number of rotatable bonds is 8. The number of carbonyl (C=O) groups excluding carboxylic acids is 1. The highest BCUT2D eigenvalue weighted by Gasteiger charge is 2.17. The lowest BCUT2D eigenvalue weighted by atomic mass is 10.2. The molecule has 3 aromatic carbocycles. The molecule has 0 aliphatic rings. The molecule has 0 fully saturated rings. The van der Waals surface area contributed by atoms with Crippen LogP contribution in [0.3, 0.4) is 0 Å². The maximum atomic E-state index is 13.5. The van der Waals surface area contributed by atoms with Crippen molar-refractivity contribution in [1.82, 2.24) is 14.2 Å². The molecule has 40 heavy (non-hydrogen) atoms. The second kappa shape index (κ2) is 11.4. The van der Waals surface area contributed by atoms with Gasteiger partial charge in [0.25, 0.3) is 5.56 Å². The van der Waals surface area contributed by atoms with Gasteiger partial charge in [-0.15, -0.1) is 0 Å². The Labute approximate surface area is 232 Å². The summed E-state index contributed by atoms with van der Waals surface area (Å²) in [6, 6.07) is 26.4. The molecule has 0 aliphatic heterocycles. The second-order valence-electron chi connectivity index (χ2n) is 9.35. The molecule has 1 atom stereocenters. The first kappa shape index (κ1) is 26.6. The van der Waals surface area contributed by atoms with Crippen molar-refractivity contribution in [1.29, 1.82) is 0 Å². The smallest absolute Gasteiger partial charge is 0.347 e. The number of carbonyl (C=O) groups is 1. The maximum absolute atomic E-state index is 13.5. The van der Waals surface area contributed by atoms with Crippen LogP contribution in [0.2, 0.25) is 0 Å². The van der Waals surface area contributed by atoms with Gasteiger partial charge >= 0.3 is 5.97 Å². The van der Waals surface area contributed by atoms with Crippen LogP contribution in [-0.2, 0) is 9.53 Å². The van der Waals surface area contributed by atoms with Crippen LogP contribution < -0.4 is 10.3 Å². The van der Waals surface area contributed by atoms with Gasteiger partial charge in [0.15, 0.2) is 11.9 Å². The van der Waals surface area contributed by atoms with Gasteiger partial charge in [-0.25, -0.2) is 9.78 Å². The summed E-state index contributed by atoms with van der Waals surface area (Å²) in [5.74, 6) is 0.649. The normalized spacial score (nSPS) is 12.1. The molecule has 0 spiro atoms. The number of aromatic nitrogens is 3. The number of ether oxygens (including phenoxy) is 2. The van der Waals surface area contributed by atoms with Gasteiger partial charge < -0.3 is 14.0 Å². The van der Waals surface area contributed by atoms with E-state index < -0.39 is 12.1 Å². The Morgan fingerprint density at radius 2 is 1.70 bits per heavy atom. The largest absolute Gasteiger partial charge is 0.479 e. The number of fused-ring (bicyclic) bond motifs is 1. The van der Waals surface area contributed by atoms with Gasteiger partial charge in [-0.05, 0) is 70.2 Å². The van der Waals surface area contributed by atoms with Crippen molar-refractivity contribution in [3.8, 4) is 22.8 Å². The molecule has 0 radical (unpaired) electrons. The average molecular weight is 535 g/mol. The van der Waals surface area contributed by atoms with Crippen molar-refractivity contribution in [2.75, 3.05) is 6.61 Å². The summed E-state index contributed by atoms with van der Waals surface area (Å²) in [6.07, 6.45) is 0.999. The van der Waals surface area contributed by atoms with Crippen LogP contribution in [0.15, 0.2) is 94.8 Å². The first-order valence-electron chi connectivity index (χ1n) is 13.1. The molecule has 0 saturated carbocycles. The Bertz CT molecular complexity index is 1750. The van der Waals surface area contributed by atoms with Gasteiger partial charge in [0, 0.05) is 28.2 Å². The molecule has 8 heteroatoms. The average Bonchev–Trinajstić information content (AvgIpc) is 3.25. The van der Waals surface area contributed by atoms with E-state index in [1.165, 1.54) is 4.68 Å². The van der Waals surface area contributed by atoms with Crippen molar-refractivity contribution in [2.45, 2.75) is 33.8 Å². The fraction of sp³-hybridized carbons (Fsp3) is 0.188.